The van der Waals surface area contributed by atoms with E-state index in [9.17, 15) is 4.79 Å². The lowest BCUT2D eigenvalue weighted by molar-refractivity contribution is -0.142. The lowest BCUT2D eigenvalue weighted by Gasteiger charge is -2.29. The highest BCUT2D eigenvalue weighted by atomic mass is 79.9. The van der Waals surface area contributed by atoms with Crippen LogP contribution in [-0.4, -0.2) is 11.1 Å². The molecule has 2 unspecified atom stereocenters. The van der Waals surface area contributed by atoms with Crippen LogP contribution in [0.1, 0.15) is 30.4 Å². The number of hydrogen-bond acceptors (Lipinski definition) is 1. The number of carboxylic acid groups (broad SMARTS) is 1. The summed E-state index contributed by atoms with van der Waals surface area (Å²) in [6.45, 7) is 2.00. The minimum absolute atomic E-state index is 0.115. The average Bonchev–Trinajstić information content (AvgIpc) is 2.19. The van der Waals surface area contributed by atoms with Gasteiger partial charge in [0, 0.05) is 4.47 Å². The number of halogens is 1. The summed E-state index contributed by atoms with van der Waals surface area (Å²) in [4.78, 5) is 11.0. The normalized spacial score (nSPS) is 24.7. The fraction of sp³-hybridized carbons (Fsp3) is 0.417. The Morgan fingerprint density at radius 1 is 1.53 bits per heavy atom. The Morgan fingerprint density at radius 2 is 2.27 bits per heavy atom. The highest BCUT2D eigenvalue weighted by Gasteiger charge is 2.31. The molecular weight excluding hydrogens is 256 g/mol. The van der Waals surface area contributed by atoms with Gasteiger partial charge in [0.05, 0.1) is 5.92 Å². The van der Waals surface area contributed by atoms with Gasteiger partial charge in [-0.3, -0.25) is 4.79 Å². The third-order valence-electron chi connectivity index (χ3n) is 3.27. The predicted octanol–water partition coefficient (Wildman–Crippen LogP) is 3.20. The van der Waals surface area contributed by atoms with E-state index < -0.39 is 5.97 Å². The molecule has 15 heavy (non-hydrogen) atoms. The second kappa shape index (κ2) is 3.97. The highest BCUT2D eigenvalue weighted by molar-refractivity contribution is 9.10. The zero-order valence-electron chi connectivity index (χ0n) is 8.53. The average molecular weight is 269 g/mol. The third kappa shape index (κ3) is 1.81. The van der Waals surface area contributed by atoms with Crippen molar-refractivity contribution in [2.45, 2.75) is 25.7 Å². The van der Waals surface area contributed by atoms with Gasteiger partial charge < -0.3 is 5.11 Å². The summed E-state index contributed by atoms with van der Waals surface area (Å²) < 4.78 is 1.11. The monoisotopic (exact) mass is 268 g/mol. The Hall–Kier alpha value is -0.830. The summed E-state index contributed by atoms with van der Waals surface area (Å²) in [7, 11) is 0. The summed E-state index contributed by atoms with van der Waals surface area (Å²) in [5.41, 5.74) is 2.46. The Balaban J connectivity index is 2.42. The molecule has 0 aromatic heterocycles. The van der Waals surface area contributed by atoms with Crippen LogP contribution in [0.5, 0.6) is 0 Å². The number of carboxylic acids is 1. The van der Waals surface area contributed by atoms with Gasteiger partial charge in [0.15, 0.2) is 0 Å². The zero-order valence-corrected chi connectivity index (χ0v) is 10.1. The summed E-state index contributed by atoms with van der Waals surface area (Å²) in [6.07, 6.45) is 1.60. The SMILES string of the molecule is CC1c2cccc(Br)c2CCC1C(=O)O. The molecule has 80 valence electrons. The van der Waals surface area contributed by atoms with E-state index in [-0.39, 0.29) is 11.8 Å². The molecule has 0 saturated heterocycles. The molecule has 0 radical (unpaired) electrons. The van der Waals surface area contributed by atoms with Crippen molar-refractivity contribution >= 4 is 21.9 Å². The molecule has 2 atom stereocenters. The molecule has 3 heteroatoms. The molecule has 1 aliphatic carbocycles. The molecule has 2 rings (SSSR count). The number of rotatable bonds is 1. The van der Waals surface area contributed by atoms with Crippen LogP contribution in [0, 0.1) is 5.92 Å². The summed E-state index contributed by atoms with van der Waals surface area (Å²) >= 11 is 3.52. The minimum atomic E-state index is -0.673. The number of aliphatic carboxylic acids is 1. The van der Waals surface area contributed by atoms with Gasteiger partial charge in [0.25, 0.3) is 0 Å². The quantitative estimate of drug-likeness (QED) is 0.850. The van der Waals surface area contributed by atoms with E-state index >= 15 is 0 Å². The first-order chi connectivity index (χ1) is 7.11. The molecule has 0 saturated carbocycles. The van der Waals surface area contributed by atoms with Crippen molar-refractivity contribution in [3.63, 3.8) is 0 Å². The van der Waals surface area contributed by atoms with Crippen molar-refractivity contribution < 1.29 is 9.90 Å². The Morgan fingerprint density at radius 3 is 2.93 bits per heavy atom. The number of benzene rings is 1. The van der Waals surface area contributed by atoms with E-state index in [1.165, 1.54) is 11.1 Å². The zero-order chi connectivity index (χ0) is 11.0. The molecule has 2 nitrogen and oxygen atoms in total. The largest absolute Gasteiger partial charge is 0.481 e. The van der Waals surface area contributed by atoms with E-state index in [0.717, 1.165) is 17.3 Å². The third-order valence-corrected chi connectivity index (χ3v) is 4.01. The first-order valence-electron chi connectivity index (χ1n) is 5.11. The van der Waals surface area contributed by atoms with Gasteiger partial charge in [-0.05, 0) is 36.0 Å². The molecule has 0 heterocycles. The summed E-state index contributed by atoms with van der Waals surface area (Å²) in [6, 6.07) is 6.04. The van der Waals surface area contributed by atoms with Gasteiger partial charge in [-0.1, -0.05) is 35.0 Å². The maximum atomic E-state index is 11.0. The molecule has 0 bridgehead atoms. The molecule has 1 aliphatic rings. The van der Waals surface area contributed by atoms with Gasteiger partial charge in [0.2, 0.25) is 0 Å². The number of carbonyl (C=O) groups is 1. The maximum absolute atomic E-state index is 11.0. The molecule has 1 aromatic rings. The molecule has 0 fully saturated rings. The molecule has 0 amide bonds. The van der Waals surface area contributed by atoms with Crippen LogP contribution in [0.2, 0.25) is 0 Å². The van der Waals surface area contributed by atoms with Crippen molar-refractivity contribution in [2.24, 2.45) is 5.92 Å². The maximum Gasteiger partial charge on any atom is 0.307 e. The molecule has 1 aromatic carbocycles. The summed E-state index contributed by atoms with van der Waals surface area (Å²) in [5.74, 6) is -0.788. The molecular formula is C12H13BrO2. The van der Waals surface area contributed by atoms with Gasteiger partial charge in [-0.15, -0.1) is 0 Å². The van der Waals surface area contributed by atoms with Crippen LogP contribution < -0.4 is 0 Å². The van der Waals surface area contributed by atoms with E-state index in [1.807, 2.05) is 25.1 Å². The Bertz CT molecular complexity index is 401. The van der Waals surface area contributed by atoms with Crippen LogP contribution in [0.4, 0.5) is 0 Å². The van der Waals surface area contributed by atoms with Crippen LogP contribution in [0.25, 0.3) is 0 Å². The fourth-order valence-electron chi connectivity index (χ4n) is 2.37. The standard InChI is InChI=1S/C12H13BrO2/c1-7-8-3-2-4-11(13)10(8)6-5-9(7)12(14)15/h2-4,7,9H,5-6H2,1H3,(H,14,15). The van der Waals surface area contributed by atoms with Crippen molar-refractivity contribution in [2.75, 3.05) is 0 Å². The Labute approximate surface area is 97.4 Å². The topological polar surface area (TPSA) is 37.3 Å². The van der Waals surface area contributed by atoms with Crippen molar-refractivity contribution in [3.8, 4) is 0 Å². The number of hydrogen-bond donors (Lipinski definition) is 1. The first kappa shape index (κ1) is 10.7. The van der Waals surface area contributed by atoms with E-state index in [2.05, 4.69) is 15.9 Å². The lowest BCUT2D eigenvalue weighted by Crippen LogP contribution is -2.25. The smallest absolute Gasteiger partial charge is 0.307 e. The van der Waals surface area contributed by atoms with E-state index in [0.29, 0.717) is 0 Å². The fourth-order valence-corrected chi connectivity index (χ4v) is 2.95. The van der Waals surface area contributed by atoms with Gasteiger partial charge in [-0.2, -0.15) is 0 Å². The van der Waals surface area contributed by atoms with Crippen LogP contribution in [0.3, 0.4) is 0 Å². The Kier molecular flexibility index (Phi) is 2.83. The van der Waals surface area contributed by atoms with Crippen LogP contribution >= 0.6 is 15.9 Å². The van der Waals surface area contributed by atoms with Crippen LogP contribution in [0.15, 0.2) is 22.7 Å². The van der Waals surface area contributed by atoms with Crippen molar-refractivity contribution in [1.29, 1.82) is 0 Å². The predicted molar refractivity (Wildman–Crippen MR) is 62.0 cm³/mol. The first-order valence-corrected chi connectivity index (χ1v) is 5.90. The van der Waals surface area contributed by atoms with Crippen molar-refractivity contribution in [1.82, 2.24) is 0 Å². The van der Waals surface area contributed by atoms with Gasteiger partial charge in [-0.25, -0.2) is 0 Å². The second-order valence-electron chi connectivity index (χ2n) is 4.08. The van der Waals surface area contributed by atoms with Crippen LogP contribution in [-0.2, 0) is 11.2 Å². The highest BCUT2D eigenvalue weighted by Crippen LogP contribution is 2.38. The van der Waals surface area contributed by atoms with Gasteiger partial charge >= 0.3 is 5.97 Å². The summed E-state index contributed by atoms with van der Waals surface area (Å²) in [5, 5.41) is 9.09. The molecule has 0 aliphatic heterocycles. The molecule has 0 spiro atoms. The lowest BCUT2D eigenvalue weighted by atomic mass is 9.76. The second-order valence-corrected chi connectivity index (χ2v) is 4.93. The minimum Gasteiger partial charge on any atom is -0.481 e. The van der Waals surface area contributed by atoms with Gasteiger partial charge in [0.1, 0.15) is 0 Å². The number of fused-ring (bicyclic) bond motifs is 1. The van der Waals surface area contributed by atoms with Crippen molar-refractivity contribution in [3.05, 3.63) is 33.8 Å². The van der Waals surface area contributed by atoms with E-state index in [4.69, 9.17) is 5.11 Å². The molecule has 1 N–H and O–H groups in total. The van der Waals surface area contributed by atoms with E-state index in [1.54, 1.807) is 0 Å².